The number of ether oxygens (including phenoxy) is 2. The molecule has 0 heterocycles. The number of carbonyl (C=O) groups excluding carboxylic acids is 1. The molecule has 0 N–H and O–H groups in total. The van der Waals surface area contributed by atoms with Gasteiger partial charge in [-0.25, -0.2) is 0 Å². The molecule has 0 aromatic heterocycles. The van der Waals surface area contributed by atoms with Gasteiger partial charge >= 0.3 is 0 Å². The van der Waals surface area contributed by atoms with Gasteiger partial charge in [0.25, 0.3) is 0 Å². The number of benzene rings is 2. The van der Waals surface area contributed by atoms with Crippen LogP contribution in [-0.2, 0) is 5.41 Å². The van der Waals surface area contributed by atoms with Gasteiger partial charge in [0.15, 0.2) is 0 Å². The summed E-state index contributed by atoms with van der Waals surface area (Å²) in [6.45, 7) is 7.45. The monoisotopic (exact) mass is 298 g/mol. The molecule has 0 amide bonds. The van der Waals surface area contributed by atoms with Crippen LogP contribution in [0.5, 0.6) is 11.5 Å². The second-order valence-electron chi connectivity index (χ2n) is 6.16. The lowest BCUT2D eigenvalue weighted by molar-refractivity contribution is 0.112. The lowest BCUT2D eigenvalue weighted by atomic mass is 9.87. The maximum atomic E-state index is 10.7. The first kappa shape index (κ1) is 16.1. The number of carbonyl (C=O) groups is 1. The highest BCUT2D eigenvalue weighted by Gasteiger charge is 2.12. The van der Waals surface area contributed by atoms with E-state index in [0.29, 0.717) is 24.5 Å². The van der Waals surface area contributed by atoms with Crippen LogP contribution in [0.4, 0.5) is 0 Å². The van der Waals surface area contributed by atoms with E-state index in [-0.39, 0.29) is 5.41 Å². The van der Waals surface area contributed by atoms with Crippen LogP contribution in [0.15, 0.2) is 48.5 Å². The van der Waals surface area contributed by atoms with Gasteiger partial charge in [0.2, 0.25) is 0 Å². The molecule has 2 aromatic rings. The molecule has 0 aliphatic heterocycles. The van der Waals surface area contributed by atoms with Crippen molar-refractivity contribution in [3.63, 3.8) is 0 Å². The Morgan fingerprint density at radius 1 is 0.909 bits per heavy atom. The zero-order chi connectivity index (χ0) is 16.0. The third-order valence-electron chi connectivity index (χ3n) is 3.34. The van der Waals surface area contributed by atoms with Gasteiger partial charge in [-0.05, 0) is 35.2 Å². The molecule has 0 aliphatic carbocycles. The summed E-state index contributed by atoms with van der Waals surface area (Å²) in [4.78, 5) is 10.7. The Morgan fingerprint density at radius 2 is 1.55 bits per heavy atom. The van der Waals surface area contributed by atoms with Gasteiger partial charge in [0.05, 0.1) is 0 Å². The number of hydrogen-bond acceptors (Lipinski definition) is 3. The van der Waals surface area contributed by atoms with Gasteiger partial charge in [-0.15, -0.1) is 0 Å². The number of aldehydes is 1. The fraction of sp³-hybridized carbons (Fsp3) is 0.316. The van der Waals surface area contributed by atoms with E-state index >= 15 is 0 Å². The molecule has 0 unspecified atom stereocenters. The van der Waals surface area contributed by atoms with Crippen molar-refractivity contribution in [2.45, 2.75) is 26.2 Å². The Morgan fingerprint density at radius 3 is 2.14 bits per heavy atom. The van der Waals surface area contributed by atoms with Crippen molar-refractivity contribution >= 4 is 6.29 Å². The number of rotatable bonds is 6. The molecule has 0 saturated carbocycles. The Labute approximate surface area is 131 Å². The van der Waals surface area contributed by atoms with Gasteiger partial charge in [-0.3, -0.25) is 4.79 Å². The molecule has 2 rings (SSSR count). The molecule has 0 bridgehead atoms. The van der Waals surface area contributed by atoms with Gasteiger partial charge in [-0.2, -0.15) is 0 Å². The third-order valence-corrected chi connectivity index (χ3v) is 3.34. The Kier molecular flexibility index (Phi) is 5.21. The standard InChI is InChI=1S/C19H22O3/c1-19(2,3)16-7-9-17(10-8-16)21-11-12-22-18-6-4-5-15(13-18)14-20/h4-10,13-14H,11-12H2,1-3H3. The van der Waals surface area contributed by atoms with Crippen LogP contribution >= 0.6 is 0 Å². The molecular weight excluding hydrogens is 276 g/mol. The average molecular weight is 298 g/mol. The normalized spacial score (nSPS) is 11.0. The molecule has 0 radical (unpaired) electrons. The quantitative estimate of drug-likeness (QED) is 0.590. The number of hydrogen-bond donors (Lipinski definition) is 0. The van der Waals surface area contributed by atoms with Crippen LogP contribution in [0, 0.1) is 0 Å². The molecular formula is C19H22O3. The van der Waals surface area contributed by atoms with E-state index in [9.17, 15) is 4.79 Å². The largest absolute Gasteiger partial charge is 0.490 e. The van der Waals surface area contributed by atoms with Gasteiger partial charge < -0.3 is 9.47 Å². The Hall–Kier alpha value is -2.29. The van der Waals surface area contributed by atoms with E-state index in [1.165, 1.54) is 5.56 Å². The topological polar surface area (TPSA) is 35.5 Å². The van der Waals surface area contributed by atoms with E-state index in [1.807, 2.05) is 18.2 Å². The Balaban J connectivity index is 1.80. The van der Waals surface area contributed by atoms with Crippen LogP contribution in [0.3, 0.4) is 0 Å². The first-order valence-corrected chi connectivity index (χ1v) is 7.40. The molecule has 0 atom stereocenters. The fourth-order valence-electron chi connectivity index (χ4n) is 2.05. The van der Waals surface area contributed by atoms with Gasteiger partial charge in [-0.1, -0.05) is 45.0 Å². The van der Waals surface area contributed by atoms with Crippen molar-refractivity contribution in [1.29, 1.82) is 0 Å². The summed E-state index contributed by atoms with van der Waals surface area (Å²) >= 11 is 0. The molecule has 3 nitrogen and oxygen atoms in total. The highest BCUT2D eigenvalue weighted by Crippen LogP contribution is 2.24. The first-order chi connectivity index (χ1) is 10.5. The molecule has 0 aliphatic rings. The predicted octanol–water partition coefficient (Wildman–Crippen LogP) is 4.25. The van der Waals surface area contributed by atoms with Crippen LogP contribution in [0.2, 0.25) is 0 Å². The van der Waals surface area contributed by atoms with E-state index in [2.05, 4.69) is 32.9 Å². The van der Waals surface area contributed by atoms with Crippen LogP contribution in [0.1, 0.15) is 36.7 Å². The zero-order valence-corrected chi connectivity index (χ0v) is 13.3. The highest BCUT2D eigenvalue weighted by atomic mass is 16.5. The second-order valence-corrected chi connectivity index (χ2v) is 6.16. The molecule has 0 fully saturated rings. The summed E-state index contributed by atoms with van der Waals surface area (Å²) in [6.07, 6.45) is 0.806. The molecule has 0 spiro atoms. The summed E-state index contributed by atoms with van der Waals surface area (Å²) in [5.41, 5.74) is 2.03. The average Bonchev–Trinajstić information content (AvgIpc) is 2.51. The minimum atomic E-state index is 0.144. The van der Waals surface area contributed by atoms with Crippen molar-refractivity contribution in [3.8, 4) is 11.5 Å². The first-order valence-electron chi connectivity index (χ1n) is 7.40. The summed E-state index contributed by atoms with van der Waals surface area (Å²) in [7, 11) is 0. The highest BCUT2D eigenvalue weighted by molar-refractivity contribution is 5.75. The maximum absolute atomic E-state index is 10.7. The maximum Gasteiger partial charge on any atom is 0.150 e. The molecule has 116 valence electrons. The molecule has 0 saturated heterocycles. The summed E-state index contributed by atoms with van der Waals surface area (Å²) in [5, 5.41) is 0. The summed E-state index contributed by atoms with van der Waals surface area (Å²) < 4.78 is 11.2. The lowest BCUT2D eigenvalue weighted by Gasteiger charge is -2.19. The van der Waals surface area contributed by atoms with Gasteiger partial charge in [0, 0.05) is 5.56 Å². The molecule has 2 aromatic carbocycles. The summed E-state index contributed by atoms with van der Waals surface area (Å²) in [6, 6.07) is 15.2. The lowest BCUT2D eigenvalue weighted by Crippen LogP contribution is -2.11. The minimum absolute atomic E-state index is 0.144. The van der Waals surface area contributed by atoms with E-state index in [0.717, 1.165) is 12.0 Å². The predicted molar refractivity (Wildman–Crippen MR) is 88.0 cm³/mol. The van der Waals surface area contributed by atoms with Crippen molar-refractivity contribution in [1.82, 2.24) is 0 Å². The zero-order valence-electron chi connectivity index (χ0n) is 13.3. The third kappa shape index (κ3) is 4.62. The van der Waals surface area contributed by atoms with Gasteiger partial charge in [0.1, 0.15) is 31.0 Å². The second kappa shape index (κ2) is 7.12. The van der Waals surface area contributed by atoms with Crippen LogP contribution < -0.4 is 9.47 Å². The molecule has 3 heteroatoms. The minimum Gasteiger partial charge on any atom is -0.490 e. The summed E-state index contributed by atoms with van der Waals surface area (Å²) in [5.74, 6) is 1.51. The van der Waals surface area contributed by atoms with E-state index < -0.39 is 0 Å². The van der Waals surface area contributed by atoms with E-state index in [4.69, 9.17) is 9.47 Å². The van der Waals surface area contributed by atoms with Crippen LogP contribution in [0.25, 0.3) is 0 Å². The van der Waals surface area contributed by atoms with Crippen molar-refractivity contribution in [2.75, 3.05) is 13.2 Å². The van der Waals surface area contributed by atoms with Crippen molar-refractivity contribution in [2.24, 2.45) is 0 Å². The Bertz CT molecular complexity index is 609. The smallest absolute Gasteiger partial charge is 0.150 e. The SMILES string of the molecule is CC(C)(C)c1ccc(OCCOc2cccc(C=O)c2)cc1. The van der Waals surface area contributed by atoms with E-state index in [1.54, 1.807) is 18.2 Å². The van der Waals surface area contributed by atoms with Crippen molar-refractivity contribution in [3.05, 3.63) is 59.7 Å². The fourth-order valence-corrected chi connectivity index (χ4v) is 2.05. The molecule has 22 heavy (non-hydrogen) atoms. The van der Waals surface area contributed by atoms with Crippen LogP contribution in [-0.4, -0.2) is 19.5 Å². The van der Waals surface area contributed by atoms with Crippen molar-refractivity contribution < 1.29 is 14.3 Å².